The Labute approximate surface area is 160 Å². The fourth-order valence-corrected chi connectivity index (χ4v) is 3.25. The van der Waals surface area contributed by atoms with Crippen molar-refractivity contribution in [1.82, 2.24) is 14.5 Å². The molecular weight excluding hydrogens is 400 g/mol. The average molecular weight is 413 g/mol. The summed E-state index contributed by atoms with van der Waals surface area (Å²) >= 11 is 0. The lowest BCUT2D eigenvalue weighted by Crippen LogP contribution is -2.52. The summed E-state index contributed by atoms with van der Waals surface area (Å²) in [5.41, 5.74) is -1.77. The van der Waals surface area contributed by atoms with E-state index in [1.54, 1.807) is 0 Å². The third kappa shape index (κ3) is 3.43. The third-order valence-corrected chi connectivity index (χ3v) is 4.78. The molecule has 1 aliphatic rings. The number of aromatic nitrogens is 2. The molecule has 0 spiro atoms. The Balaban J connectivity index is 1.74. The molecule has 0 bridgehead atoms. The summed E-state index contributed by atoms with van der Waals surface area (Å²) in [4.78, 5) is 17.3. The van der Waals surface area contributed by atoms with E-state index in [0.717, 1.165) is 24.5 Å². The number of hydrogen-bond donors (Lipinski definition) is 0. The van der Waals surface area contributed by atoms with Crippen LogP contribution in [0.2, 0.25) is 0 Å². The molecule has 0 aliphatic carbocycles. The van der Waals surface area contributed by atoms with Gasteiger partial charge in [-0.3, -0.25) is 9.78 Å². The van der Waals surface area contributed by atoms with Crippen LogP contribution < -0.4 is 0 Å². The van der Waals surface area contributed by atoms with Crippen LogP contribution >= 0.6 is 0 Å². The highest BCUT2D eigenvalue weighted by Gasteiger charge is 2.35. The van der Waals surface area contributed by atoms with Crippen molar-refractivity contribution in [1.29, 1.82) is 0 Å². The van der Waals surface area contributed by atoms with Crippen LogP contribution in [0.4, 0.5) is 26.3 Å². The van der Waals surface area contributed by atoms with Crippen molar-refractivity contribution in [3.63, 3.8) is 0 Å². The van der Waals surface area contributed by atoms with Gasteiger partial charge in [0, 0.05) is 23.5 Å². The van der Waals surface area contributed by atoms with Crippen LogP contribution in [0, 0.1) is 11.6 Å². The molecule has 2 aromatic heterocycles. The highest BCUT2D eigenvalue weighted by atomic mass is 19.4. The second-order valence-corrected chi connectivity index (χ2v) is 6.76. The van der Waals surface area contributed by atoms with Gasteiger partial charge in [0.05, 0.1) is 24.2 Å². The van der Waals surface area contributed by atoms with Gasteiger partial charge in [-0.25, -0.2) is 13.2 Å². The third-order valence-electron chi connectivity index (χ3n) is 4.78. The van der Waals surface area contributed by atoms with E-state index in [1.807, 2.05) is 0 Å². The molecule has 0 N–H and O–H groups in total. The molecule has 0 radical (unpaired) electrons. The standard InChI is InChI=1S/C19H13F6N3O/c20-11-6-28(7-11)16(29)9-27-8-14(21)18-15(27)4-10(5-26-18)12-2-1-3-13(17(12)22)19(23,24)25/h1-5,8,11H,6-7,9H2. The van der Waals surface area contributed by atoms with Crippen LogP contribution in [0.25, 0.3) is 22.2 Å². The van der Waals surface area contributed by atoms with E-state index in [4.69, 9.17) is 0 Å². The van der Waals surface area contributed by atoms with Gasteiger partial charge in [-0.2, -0.15) is 13.2 Å². The molecule has 1 aliphatic heterocycles. The first-order chi connectivity index (χ1) is 13.6. The summed E-state index contributed by atoms with van der Waals surface area (Å²) in [6.45, 7) is -0.387. The van der Waals surface area contributed by atoms with Crippen molar-refractivity contribution < 1.29 is 31.1 Å². The highest BCUT2D eigenvalue weighted by molar-refractivity contribution is 5.85. The summed E-state index contributed by atoms with van der Waals surface area (Å²) < 4.78 is 81.7. The van der Waals surface area contributed by atoms with Crippen molar-refractivity contribution in [2.45, 2.75) is 18.9 Å². The molecule has 1 amide bonds. The maximum atomic E-state index is 14.4. The number of rotatable bonds is 3. The first-order valence-corrected chi connectivity index (χ1v) is 8.57. The minimum atomic E-state index is -4.87. The van der Waals surface area contributed by atoms with E-state index in [9.17, 15) is 31.1 Å². The van der Waals surface area contributed by atoms with E-state index in [2.05, 4.69) is 4.98 Å². The van der Waals surface area contributed by atoms with E-state index in [-0.39, 0.29) is 41.8 Å². The number of hydrogen-bond acceptors (Lipinski definition) is 2. The molecule has 0 unspecified atom stereocenters. The lowest BCUT2D eigenvalue weighted by molar-refractivity contribution is -0.140. The van der Waals surface area contributed by atoms with Crippen molar-refractivity contribution in [2.24, 2.45) is 0 Å². The Bertz CT molecular complexity index is 1100. The number of pyridine rings is 1. The Morgan fingerprint density at radius 1 is 1.21 bits per heavy atom. The number of carbonyl (C=O) groups excluding carboxylic acids is 1. The Kier molecular flexibility index (Phi) is 4.51. The van der Waals surface area contributed by atoms with Crippen LogP contribution in [0.5, 0.6) is 0 Å². The zero-order valence-electron chi connectivity index (χ0n) is 14.7. The average Bonchev–Trinajstić information content (AvgIpc) is 2.93. The largest absolute Gasteiger partial charge is 0.419 e. The Morgan fingerprint density at radius 3 is 2.59 bits per heavy atom. The molecule has 152 valence electrons. The quantitative estimate of drug-likeness (QED) is 0.605. The van der Waals surface area contributed by atoms with Crippen molar-refractivity contribution in [3.05, 3.63) is 53.9 Å². The summed E-state index contributed by atoms with van der Waals surface area (Å²) in [7, 11) is 0. The van der Waals surface area contributed by atoms with Gasteiger partial charge in [-0.1, -0.05) is 12.1 Å². The first kappa shape index (κ1) is 19.3. The summed E-state index contributed by atoms with van der Waals surface area (Å²) in [5.74, 6) is -2.65. The first-order valence-electron chi connectivity index (χ1n) is 8.57. The van der Waals surface area contributed by atoms with E-state index in [0.29, 0.717) is 6.07 Å². The zero-order valence-corrected chi connectivity index (χ0v) is 14.7. The molecule has 1 saturated heterocycles. The summed E-state index contributed by atoms with van der Waals surface area (Å²) in [6.07, 6.45) is -3.87. The second kappa shape index (κ2) is 6.78. The molecule has 3 heterocycles. The molecule has 0 saturated carbocycles. The molecular formula is C19H13F6N3O. The normalized spacial score (nSPS) is 15.0. The predicted octanol–water partition coefficient (Wildman–Crippen LogP) is 4.18. The number of likely N-dealkylation sites (tertiary alicyclic amines) is 1. The molecule has 1 aromatic carbocycles. The number of nitrogens with zero attached hydrogens (tertiary/aromatic N) is 3. The number of benzene rings is 1. The summed E-state index contributed by atoms with van der Waals surface area (Å²) in [6, 6.07) is 4.11. The number of alkyl halides is 4. The van der Waals surface area contributed by atoms with Gasteiger partial charge in [0.2, 0.25) is 5.91 Å². The van der Waals surface area contributed by atoms with Gasteiger partial charge < -0.3 is 9.47 Å². The van der Waals surface area contributed by atoms with Gasteiger partial charge in [-0.15, -0.1) is 0 Å². The minimum absolute atomic E-state index is 0.000622. The molecule has 10 heteroatoms. The van der Waals surface area contributed by atoms with Crippen LogP contribution in [-0.4, -0.2) is 39.6 Å². The maximum Gasteiger partial charge on any atom is 0.419 e. The molecule has 0 atom stereocenters. The van der Waals surface area contributed by atoms with Crippen LogP contribution in [0.3, 0.4) is 0 Å². The van der Waals surface area contributed by atoms with Crippen LogP contribution in [-0.2, 0) is 17.5 Å². The van der Waals surface area contributed by atoms with Crippen molar-refractivity contribution in [2.75, 3.05) is 13.1 Å². The molecule has 3 aromatic rings. The van der Waals surface area contributed by atoms with Gasteiger partial charge in [0.15, 0.2) is 5.82 Å². The van der Waals surface area contributed by atoms with Gasteiger partial charge in [0.25, 0.3) is 0 Å². The van der Waals surface area contributed by atoms with Crippen molar-refractivity contribution >= 4 is 16.9 Å². The highest BCUT2D eigenvalue weighted by Crippen LogP contribution is 2.36. The minimum Gasteiger partial charge on any atom is -0.335 e. The number of amides is 1. The van der Waals surface area contributed by atoms with E-state index >= 15 is 0 Å². The number of carbonyl (C=O) groups is 1. The number of halogens is 6. The Hall–Kier alpha value is -3.04. The second-order valence-electron chi connectivity index (χ2n) is 6.76. The van der Waals surface area contributed by atoms with Crippen LogP contribution in [0.1, 0.15) is 5.56 Å². The predicted molar refractivity (Wildman–Crippen MR) is 91.6 cm³/mol. The van der Waals surface area contributed by atoms with Crippen LogP contribution in [0.15, 0.2) is 36.7 Å². The maximum absolute atomic E-state index is 14.4. The lowest BCUT2D eigenvalue weighted by Gasteiger charge is -2.34. The number of fused-ring (bicyclic) bond motifs is 1. The van der Waals surface area contributed by atoms with Gasteiger partial charge in [0.1, 0.15) is 24.1 Å². The lowest BCUT2D eigenvalue weighted by atomic mass is 10.0. The van der Waals surface area contributed by atoms with E-state index in [1.165, 1.54) is 15.5 Å². The topological polar surface area (TPSA) is 38.1 Å². The molecule has 1 fully saturated rings. The Morgan fingerprint density at radius 2 is 1.93 bits per heavy atom. The fraction of sp³-hybridized carbons (Fsp3) is 0.263. The molecule has 29 heavy (non-hydrogen) atoms. The van der Waals surface area contributed by atoms with Gasteiger partial charge >= 0.3 is 6.18 Å². The smallest absolute Gasteiger partial charge is 0.335 e. The molecule has 4 nitrogen and oxygen atoms in total. The van der Waals surface area contributed by atoms with E-state index < -0.39 is 35.5 Å². The van der Waals surface area contributed by atoms with Gasteiger partial charge in [-0.05, 0) is 12.1 Å². The monoisotopic (exact) mass is 413 g/mol. The SMILES string of the molecule is O=C(Cn1cc(F)c2ncc(-c3cccc(C(F)(F)F)c3F)cc21)N1CC(F)C1. The fourth-order valence-electron chi connectivity index (χ4n) is 3.25. The van der Waals surface area contributed by atoms with Crippen molar-refractivity contribution in [3.8, 4) is 11.1 Å². The zero-order chi connectivity index (χ0) is 20.9. The summed E-state index contributed by atoms with van der Waals surface area (Å²) in [5, 5.41) is 0. The molecule has 4 rings (SSSR count).